The van der Waals surface area contributed by atoms with Gasteiger partial charge in [-0.2, -0.15) is 0 Å². The van der Waals surface area contributed by atoms with Gasteiger partial charge in [0.25, 0.3) is 6.71 Å². The predicted molar refractivity (Wildman–Crippen MR) is 597 cm³/mol. The van der Waals surface area contributed by atoms with Crippen molar-refractivity contribution in [3.05, 3.63) is 403 Å². The molecule has 2 aliphatic rings. The molecule has 4 nitrogen and oxygen atoms in total. The third-order valence-corrected chi connectivity index (χ3v) is 28.6. The van der Waals surface area contributed by atoms with Crippen molar-refractivity contribution in [1.29, 1.82) is 0 Å². The van der Waals surface area contributed by atoms with Gasteiger partial charge < -0.3 is 18.9 Å². The van der Waals surface area contributed by atoms with Gasteiger partial charge >= 0.3 is 0 Å². The Morgan fingerprint density at radius 3 is 0.783 bits per heavy atom. The van der Waals surface area contributed by atoms with Crippen LogP contribution in [0.2, 0.25) is 0 Å². The molecule has 0 saturated carbocycles. The van der Waals surface area contributed by atoms with Crippen LogP contribution in [0.4, 0.5) is 34.1 Å². The van der Waals surface area contributed by atoms with Crippen molar-refractivity contribution in [2.45, 2.75) is 186 Å². The van der Waals surface area contributed by atoms with Crippen LogP contribution < -0.4 is 26.2 Å². The molecule has 0 atom stereocenters. The highest BCUT2D eigenvalue weighted by Crippen LogP contribution is 2.55. The molecular weight excluding hydrogens is 1660 g/mol. The molecule has 2 aliphatic heterocycles. The van der Waals surface area contributed by atoms with Crippen molar-refractivity contribution in [2.75, 3.05) is 9.80 Å². The molecule has 0 saturated heterocycles. The van der Waals surface area contributed by atoms with Gasteiger partial charge in [-0.3, -0.25) is 0 Å². The fourth-order valence-electron chi connectivity index (χ4n) is 21.8. The van der Waals surface area contributed by atoms with Crippen LogP contribution in [0.5, 0.6) is 0 Å². The first kappa shape index (κ1) is 88.0. The maximum absolute atomic E-state index is 11.3. The summed E-state index contributed by atoms with van der Waals surface area (Å²) >= 11 is 0. The summed E-state index contributed by atoms with van der Waals surface area (Å²) in [5.74, 6) is 0. The molecule has 0 bridgehead atoms. The Morgan fingerprint density at radius 1 is 0.225 bits per heavy atom. The normalized spacial score (nSPS) is 13.5. The molecule has 5 heteroatoms. The fourth-order valence-corrected chi connectivity index (χ4v) is 21.8. The van der Waals surface area contributed by atoms with Gasteiger partial charge in [0.2, 0.25) is 0 Å². The molecular formula is C133H129BN4. The molecule has 0 spiro atoms. The summed E-state index contributed by atoms with van der Waals surface area (Å²) < 4.78 is 27.8. The number of anilines is 6. The maximum Gasteiger partial charge on any atom is 0.252 e. The third-order valence-electron chi connectivity index (χ3n) is 28.6. The van der Waals surface area contributed by atoms with E-state index in [4.69, 9.17) is 0 Å². The lowest BCUT2D eigenvalue weighted by Crippen LogP contribution is -2.61. The summed E-state index contributed by atoms with van der Waals surface area (Å²) in [6, 6.07) is 139. The molecule has 2 aromatic heterocycles. The number of hydrogen-bond acceptors (Lipinski definition) is 2. The quantitative estimate of drug-likeness (QED) is 0.0951. The standard InChI is InChI=1S/C133H129BN4/c1-127(2,3)82-85-66-124-126-125(67-85)138(121-81-107(95-47-35-51-101(69-95)131(13,14)15)99(84-129(7,8)9)77-109(121)97-49-37-53-103(71-97)133(19,20)21)123-79-105(136-118-64-56-92(88-42-30-24-31-43-88)74-112(118)113-75-93(57-65-119(113)136)89-44-32-25-33-45-89)59-61-115(123)134(126)114-60-58-104(135-116-62-54-90(86-38-26-22-27-39-86)72-110(116)111-73-91(55-63-117(111)135)87-40-28-23-29-41-87)78-122(114)137(124)120-80-106(94-46-34-50-100(68-94)130(10,11)12)98(83-128(4,5)6)76-108(120)96-48-36-52-102(70-96)132(16,17)18/h22-81H,82-84H2,1-21H3/i82D2. The van der Waals surface area contributed by atoms with E-state index in [0.29, 0.717) is 5.56 Å². The Bertz CT molecular complexity index is 7450. The van der Waals surface area contributed by atoms with E-state index < -0.39 is 18.5 Å². The first-order valence-electron chi connectivity index (χ1n) is 50.8. The highest BCUT2D eigenvalue weighted by molar-refractivity contribution is 7.00. The minimum atomic E-state index is -1.96. The van der Waals surface area contributed by atoms with Gasteiger partial charge in [-0.1, -0.05) is 400 Å². The summed E-state index contributed by atoms with van der Waals surface area (Å²) in [6.45, 7) is 48.1. The minimum absolute atomic E-state index is 0.135. The van der Waals surface area contributed by atoms with Gasteiger partial charge in [0.1, 0.15) is 0 Å². The number of fused-ring (bicyclic) bond motifs is 10. The second kappa shape index (κ2) is 34.0. The Hall–Kier alpha value is -14.0. The second-order valence-corrected chi connectivity index (χ2v) is 46.8. The van der Waals surface area contributed by atoms with Crippen LogP contribution in [0.15, 0.2) is 364 Å². The van der Waals surface area contributed by atoms with Crippen LogP contribution in [0.3, 0.4) is 0 Å². The summed E-state index contributed by atoms with van der Waals surface area (Å²) in [6.07, 6.45) is -0.374. The van der Waals surface area contributed by atoms with Crippen molar-refractivity contribution in [3.8, 4) is 100 Å². The zero-order chi connectivity index (χ0) is 98.0. The van der Waals surface area contributed by atoms with Crippen LogP contribution >= 0.6 is 0 Å². The number of benzene rings is 17. The molecule has 0 fully saturated rings. The van der Waals surface area contributed by atoms with Crippen LogP contribution in [-0.2, 0) is 40.9 Å². The molecule has 0 amide bonds. The lowest BCUT2D eigenvalue weighted by molar-refractivity contribution is 0.411. The number of rotatable bonds is 15. The Balaban J connectivity index is 0.952. The molecule has 0 radical (unpaired) electrons. The molecule has 0 aliphatic carbocycles. The molecule has 4 heterocycles. The zero-order valence-electron chi connectivity index (χ0n) is 86.4. The largest absolute Gasteiger partial charge is 0.311 e. The predicted octanol–water partition coefficient (Wildman–Crippen LogP) is 35.3. The monoisotopic (exact) mass is 1800 g/mol. The number of nitrogens with zero attached hydrogens (tertiary/aromatic N) is 4. The van der Waals surface area contributed by atoms with Crippen LogP contribution in [0.1, 0.15) is 187 Å². The summed E-state index contributed by atoms with van der Waals surface area (Å²) in [5.41, 5.74) is 39.9. The molecule has 19 aromatic rings. The van der Waals surface area contributed by atoms with Gasteiger partial charge in [0, 0.05) is 69.5 Å². The molecule has 138 heavy (non-hydrogen) atoms. The molecule has 21 rings (SSSR count). The first-order valence-corrected chi connectivity index (χ1v) is 49.8. The van der Waals surface area contributed by atoms with Crippen LogP contribution in [0, 0.1) is 16.2 Å². The Morgan fingerprint density at radius 2 is 0.507 bits per heavy atom. The van der Waals surface area contributed by atoms with E-state index in [1.165, 1.54) is 33.4 Å². The van der Waals surface area contributed by atoms with E-state index >= 15 is 0 Å². The summed E-state index contributed by atoms with van der Waals surface area (Å²) in [7, 11) is 0. The summed E-state index contributed by atoms with van der Waals surface area (Å²) in [5, 5.41) is 4.63. The third kappa shape index (κ3) is 17.1. The van der Waals surface area contributed by atoms with Crippen LogP contribution in [-0.4, -0.2) is 15.8 Å². The Labute approximate surface area is 822 Å². The van der Waals surface area contributed by atoms with Gasteiger partial charge in [-0.05, 0) is 300 Å². The smallest absolute Gasteiger partial charge is 0.252 e. The number of hydrogen-bond donors (Lipinski definition) is 0. The maximum atomic E-state index is 11.3. The van der Waals surface area contributed by atoms with Gasteiger partial charge in [0.15, 0.2) is 0 Å². The minimum Gasteiger partial charge on any atom is -0.311 e. The highest BCUT2D eigenvalue weighted by atomic mass is 15.2. The average molecular weight is 1800 g/mol. The summed E-state index contributed by atoms with van der Waals surface area (Å²) in [4.78, 5) is 5.30. The lowest BCUT2D eigenvalue weighted by atomic mass is 9.33. The Kier molecular flexibility index (Phi) is 21.7. The average Bonchev–Trinajstić information content (AvgIpc) is 0.791. The van der Waals surface area contributed by atoms with Gasteiger partial charge in [0.05, 0.1) is 33.4 Å². The molecule has 684 valence electrons. The zero-order valence-corrected chi connectivity index (χ0v) is 84.4. The SMILES string of the molecule is [2H]C([2H])(c1cc2c3c(c1)N(c1cc(-c4cccc(C(C)(C)C)c4)c(CC(C)(C)C)cc1-c1cccc(C(C)(C)C)c1)c1cc(-n4c5ccc(-c6ccccc6)cc5c5cc(-c6ccccc6)ccc54)ccc1B3c1ccc(-n3c4ccc(-c5ccccc5)cc4c4cc(-c5ccccc5)ccc43)cc1N2c1cc(-c2cccc(C(C)(C)C)c2)c(CC(C)(C)C)cc1-c1cccc(C(C)(C)C)c1)C(C)(C)C. The fraction of sp³-hybridized carbons (Fsp3) is 0.233. The van der Waals surface area contributed by atoms with Crippen molar-refractivity contribution in [3.63, 3.8) is 0 Å². The van der Waals surface area contributed by atoms with E-state index in [0.717, 1.165) is 207 Å². The van der Waals surface area contributed by atoms with E-state index in [2.05, 4.69) is 528 Å². The lowest BCUT2D eigenvalue weighted by Gasteiger charge is -2.46. The van der Waals surface area contributed by atoms with Crippen molar-refractivity contribution in [2.24, 2.45) is 16.2 Å². The van der Waals surface area contributed by atoms with Crippen molar-refractivity contribution < 1.29 is 2.74 Å². The van der Waals surface area contributed by atoms with E-state index in [9.17, 15) is 2.74 Å². The molecule has 0 N–H and O–H groups in total. The topological polar surface area (TPSA) is 16.3 Å². The molecule has 17 aromatic carbocycles. The van der Waals surface area contributed by atoms with Crippen molar-refractivity contribution >= 4 is 101 Å². The van der Waals surface area contributed by atoms with Crippen molar-refractivity contribution in [1.82, 2.24) is 9.13 Å². The second-order valence-electron chi connectivity index (χ2n) is 46.8. The van der Waals surface area contributed by atoms with Gasteiger partial charge in [-0.25, -0.2) is 0 Å². The van der Waals surface area contributed by atoms with Crippen LogP contribution in [0.25, 0.3) is 144 Å². The first-order chi connectivity index (χ1) is 66.5. The van der Waals surface area contributed by atoms with E-state index in [1.807, 2.05) is 0 Å². The highest BCUT2D eigenvalue weighted by Gasteiger charge is 2.46. The van der Waals surface area contributed by atoms with Gasteiger partial charge in [-0.15, -0.1) is 0 Å². The molecule has 0 unspecified atom stereocenters. The number of aromatic nitrogens is 2. The van der Waals surface area contributed by atoms with E-state index in [1.54, 1.807) is 0 Å². The van der Waals surface area contributed by atoms with E-state index in [-0.39, 0.29) is 32.5 Å².